The van der Waals surface area contributed by atoms with Crippen LogP contribution in [-0.4, -0.2) is 23.1 Å². The maximum absolute atomic E-state index is 10.4. The van der Waals surface area contributed by atoms with Gasteiger partial charge < -0.3 is 9.84 Å². The summed E-state index contributed by atoms with van der Waals surface area (Å²) in [5.41, 5.74) is 0. The fourth-order valence-electron chi connectivity index (χ4n) is 2.29. The molecule has 144 valence electrons. The Hall–Kier alpha value is -1.06. The lowest BCUT2D eigenvalue weighted by Crippen LogP contribution is -2.09. The normalized spacial score (nSPS) is 10.2. The monoisotopic (exact) mass is 344 g/mol. The Bertz CT molecular complexity index is 287. The van der Waals surface area contributed by atoms with Crippen LogP contribution in [0.5, 0.6) is 0 Å². The molecule has 0 saturated carbocycles. The van der Waals surface area contributed by atoms with Gasteiger partial charge in [-0.3, -0.25) is 9.59 Å². The van der Waals surface area contributed by atoms with Crippen molar-refractivity contribution in [2.75, 3.05) is 0 Å². The molecule has 0 fully saturated rings. The maximum atomic E-state index is 10.4. The van der Waals surface area contributed by atoms with E-state index >= 15 is 0 Å². The van der Waals surface area contributed by atoms with Gasteiger partial charge >= 0.3 is 11.9 Å². The molecule has 0 unspecified atom stereocenters. The molecule has 0 heterocycles. The number of rotatable bonds is 14. The van der Waals surface area contributed by atoms with Crippen molar-refractivity contribution in [3.63, 3.8) is 0 Å². The molecule has 0 rings (SSSR count). The Labute approximate surface area is 149 Å². The Kier molecular flexibility index (Phi) is 21.0. The van der Waals surface area contributed by atoms with Crippen molar-refractivity contribution in [1.29, 1.82) is 0 Å². The smallest absolute Gasteiger partial charge is 0.305 e. The molecule has 0 radical (unpaired) electrons. The summed E-state index contributed by atoms with van der Waals surface area (Å²) in [6, 6.07) is 0. The number of ether oxygens (including phenoxy) is 1. The van der Waals surface area contributed by atoms with Crippen molar-refractivity contribution in [2.24, 2.45) is 0 Å². The first-order chi connectivity index (χ1) is 11.4. The lowest BCUT2D eigenvalue weighted by atomic mass is 10.1. The average Bonchev–Trinajstić information content (AvgIpc) is 2.52. The van der Waals surface area contributed by atoms with Crippen LogP contribution in [0.3, 0.4) is 0 Å². The molecule has 0 atom stereocenters. The van der Waals surface area contributed by atoms with Crippen molar-refractivity contribution >= 4 is 11.9 Å². The average molecular weight is 345 g/mol. The Morgan fingerprint density at radius 1 is 0.792 bits per heavy atom. The van der Waals surface area contributed by atoms with Gasteiger partial charge in [-0.2, -0.15) is 0 Å². The molecule has 0 aromatic carbocycles. The number of aliphatic carboxylic acids is 1. The van der Waals surface area contributed by atoms with Gasteiger partial charge in [0.05, 0.1) is 6.10 Å². The zero-order valence-corrected chi connectivity index (χ0v) is 16.4. The lowest BCUT2D eigenvalue weighted by Gasteiger charge is -2.04. The van der Waals surface area contributed by atoms with Gasteiger partial charge in [-0.1, -0.05) is 78.1 Å². The van der Waals surface area contributed by atoms with Crippen LogP contribution >= 0.6 is 0 Å². The molecule has 0 spiro atoms. The molecule has 4 heteroatoms. The molecular formula is C20H40O4. The summed E-state index contributed by atoms with van der Waals surface area (Å²) in [6.45, 7) is 7.71. The van der Waals surface area contributed by atoms with E-state index in [0.29, 0.717) is 12.8 Å². The SMILES string of the molecule is CCC(=O)OC(C)C.CCCCCCCCCCCCCC(=O)O. The van der Waals surface area contributed by atoms with Crippen LogP contribution in [-0.2, 0) is 14.3 Å². The van der Waals surface area contributed by atoms with Crippen LogP contribution in [0.1, 0.15) is 111 Å². The fraction of sp³-hybridized carbons (Fsp3) is 0.900. The van der Waals surface area contributed by atoms with E-state index in [1.54, 1.807) is 6.92 Å². The molecule has 0 aliphatic carbocycles. The summed E-state index contributed by atoms with van der Waals surface area (Å²) in [6.07, 6.45) is 14.9. The number of hydrogen-bond acceptors (Lipinski definition) is 3. The molecule has 0 aliphatic rings. The third-order valence-electron chi connectivity index (χ3n) is 3.65. The molecular weight excluding hydrogens is 304 g/mol. The van der Waals surface area contributed by atoms with E-state index in [-0.39, 0.29) is 12.1 Å². The van der Waals surface area contributed by atoms with Crippen LogP contribution < -0.4 is 0 Å². The molecule has 0 aliphatic heterocycles. The standard InChI is InChI=1S/C14H28O2.C6H12O2/c1-2-3-4-5-6-7-8-9-10-11-12-13-14(15)16;1-4-6(7)8-5(2)3/h2-13H2,1H3,(H,15,16);5H,4H2,1-3H3. The fourth-order valence-corrected chi connectivity index (χ4v) is 2.29. The Morgan fingerprint density at radius 3 is 1.50 bits per heavy atom. The van der Waals surface area contributed by atoms with Crippen LogP contribution in [0.15, 0.2) is 0 Å². The van der Waals surface area contributed by atoms with Gasteiger partial charge in [-0.05, 0) is 20.3 Å². The topological polar surface area (TPSA) is 63.6 Å². The highest BCUT2D eigenvalue weighted by Crippen LogP contribution is 2.11. The molecule has 4 nitrogen and oxygen atoms in total. The number of unbranched alkanes of at least 4 members (excludes halogenated alkanes) is 10. The van der Waals surface area contributed by atoms with E-state index in [2.05, 4.69) is 6.92 Å². The first-order valence-corrected chi connectivity index (χ1v) is 9.85. The molecule has 0 saturated heterocycles. The minimum absolute atomic E-state index is 0.0300. The van der Waals surface area contributed by atoms with E-state index in [4.69, 9.17) is 9.84 Å². The van der Waals surface area contributed by atoms with Gasteiger partial charge in [-0.15, -0.1) is 0 Å². The summed E-state index contributed by atoms with van der Waals surface area (Å²) < 4.78 is 4.76. The van der Waals surface area contributed by atoms with Crippen LogP contribution in [0.4, 0.5) is 0 Å². The minimum atomic E-state index is -0.657. The van der Waals surface area contributed by atoms with Crippen LogP contribution in [0, 0.1) is 0 Å². The van der Waals surface area contributed by atoms with Crippen molar-refractivity contribution < 1.29 is 19.4 Å². The predicted octanol–water partition coefficient (Wildman–Crippen LogP) is 6.12. The van der Waals surface area contributed by atoms with E-state index in [1.165, 1.54) is 57.8 Å². The zero-order valence-electron chi connectivity index (χ0n) is 16.4. The maximum Gasteiger partial charge on any atom is 0.305 e. The highest BCUT2D eigenvalue weighted by atomic mass is 16.5. The molecule has 1 N–H and O–H groups in total. The molecule has 0 aromatic rings. The summed E-state index contributed by atoms with van der Waals surface area (Å²) in [7, 11) is 0. The number of esters is 1. The highest BCUT2D eigenvalue weighted by Gasteiger charge is 1.99. The quantitative estimate of drug-likeness (QED) is 0.304. The molecule has 0 aromatic heterocycles. The largest absolute Gasteiger partial charge is 0.481 e. The number of carboxylic acid groups (broad SMARTS) is 1. The Morgan fingerprint density at radius 2 is 1.21 bits per heavy atom. The predicted molar refractivity (Wildman–Crippen MR) is 100 cm³/mol. The number of carboxylic acids is 1. The van der Waals surface area contributed by atoms with E-state index in [0.717, 1.165) is 12.8 Å². The third kappa shape index (κ3) is 25.9. The van der Waals surface area contributed by atoms with Gasteiger partial charge in [-0.25, -0.2) is 0 Å². The summed E-state index contributed by atoms with van der Waals surface area (Å²) in [5, 5.41) is 8.46. The van der Waals surface area contributed by atoms with Gasteiger partial charge in [0.25, 0.3) is 0 Å². The van der Waals surface area contributed by atoms with Crippen molar-refractivity contribution in [3.05, 3.63) is 0 Å². The van der Waals surface area contributed by atoms with Crippen molar-refractivity contribution in [2.45, 2.75) is 117 Å². The highest BCUT2D eigenvalue weighted by molar-refractivity contribution is 5.69. The second-order valence-corrected chi connectivity index (χ2v) is 6.57. The van der Waals surface area contributed by atoms with Crippen molar-refractivity contribution in [3.8, 4) is 0 Å². The Balaban J connectivity index is 0. The summed E-state index contributed by atoms with van der Waals surface area (Å²) in [4.78, 5) is 20.7. The van der Waals surface area contributed by atoms with Crippen LogP contribution in [0.2, 0.25) is 0 Å². The third-order valence-corrected chi connectivity index (χ3v) is 3.65. The van der Waals surface area contributed by atoms with Gasteiger partial charge in [0.2, 0.25) is 0 Å². The van der Waals surface area contributed by atoms with Crippen LogP contribution in [0.25, 0.3) is 0 Å². The molecule has 0 amide bonds. The number of carbonyl (C=O) groups excluding carboxylic acids is 1. The minimum Gasteiger partial charge on any atom is -0.481 e. The van der Waals surface area contributed by atoms with E-state index < -0.39 is 5.97 Å². The molecule has 0 bridgehead atoms. The lowest BCUT2D eigenvalue weighted by molar-refractivity contribution is -0.147. The summed E-state index contributed by atoms with van der Waals surface area (Å²) >= 11 is 0. The number of hydrogen-bond donors (Lipinski definition) is 1. The summed E-state index contributed by atoms with van der Waals surface area (Å²) in [5.74, 6) is -0.782. The van der Waals surface area contributed by atoms with Gasteiger partial charge in [0, 0.05) is 12.8 Å². The van der Waals surface area contributed by atoms with Gasteiger partial charge in [0.15, 0.2) is 0 Å². The van der Waals surface area contributed by atoms with Crippen molar-refractivity contribution in [1.82, 2.24) is 0 Å². The second kappa shape index (κ2) is 20.0. The number of carbonyl (C=O) groups is 2. The van der Waals surface area contributed by atoms with E-state index in [1.807, 2.05) is 13.8 Å². The first kappa shape index (κ1) is 25.2. The van der Waals surface area contributed by atoms with Gasteiger partial charge in [0.1, 0.15) is 0 Å². The first-order valence-electron chi connectivity index (χ1n) is 9.85. The van der Waals surface area contributed by atoms with E-state index in [9.17, 15) is 9.59 Å². The zero-order chi connectivity index (χ0) is 18.6. The molecule has 24 heavy (non-hydrogen) atoms. The second-order valence-electron chi connectivity index (χ2n) is 6.57.